The van der Waals surface area contributed by atoms with E-state index in [4.69, 9.17) is 21.4 Å². The van der Waals surface area contributed by atoms with E-state index >= 15 is 0 Å². The van der Waals surface area contributed by atoms with Gasteiger partial charge in [-0.25, -0.2) is 13.6 Å². The molecule has 2 aromatic carbocycles. The Morgan fingerprint density at radius 1 is 1.13 bits per heavy atom. The van der Waals surface area contributed by atoms with Gasteiger partial charge in [0.05, 0.1) is 6.04 Å². The predicted octanol–water partition coefficient (Wildman–Crippen LogP) is 3.92. The van der Waals surface area contributed by atoms with Crippen LogP contribution in [0.15, 0.2) is 42.5 Å². The van der Waals surface area contributed by atoms with Gasteiger partial charge in [0, 0.05) is 23.9 Å². The molecule has 0 aromatic heterocycles. The van der Waals surface area contributed by atoms with Crippen molar-refractivity contribution < 1.29 is 23.4 Å². The topological polar surface area (TPSA) is 49.8 Å². The van der Waals surface area contributed by atoms with Crippen molar-refractivity contribution in [2.24, 2.45) is 0 Å². The van der Waals surface area contributed by atoms with E-state index in [1.165, 1.54) is 17.0 Å². The molecule has 1 saturated heterocycles. The van der Waals surface area contributed by atoms with E-state index < -0.39 is 23.8 Å². The minimum Gasteiger partial charge on any atom is -0.447 e. The lowest BCUT2D eigenvalue weighted by molar-refractivity contribution is 0.179. The molecule has 7 heteroatoms. The van der Waals surface area contributed by atoms with Crippen molar-refractivity contribution in [1.29, 1.82) is 0 Å². The molecule has 1 aliphatic heterocycles. The van der Waals surface area contributed by atoms with Crippen molar-refractivity contribution in [1.82, 2.24) is 0 Å². The number of ether oxygens (including phenoxy) is 1. The zero-order chi connectivity index (χ0) is 17.0. The van der Waals surface area contributed by atoms with Crippen LogP contribution in [0.25, 0.3) is 0 Å². The van der Waals surface area contributed by atoms with Crippen LogP contribution >= 0.6 is 11.6 Å². The average Bonchev–Trinajstić information content (AvgIpc) is 2.91. The van der Waals surface area contributed by atoms with Crippen molar-refractivity contribution in [3.63, 3.8) is 0 Å². The fourth-order valence-electron chi connectivity index (χ4n) is 2.32. The molecule has 1 N–H and O–H groups in total. The summed E-state index contributed by atoms with van der Waals surface area (Å²) in [5, 5.41) is 7.53. The van der Waals surface area contributed by atoms with Crippen molar-refractivity contribution in [3.05, 3.63) is 64.7 Å². The molecule has 0 bridgehead atoms. The lowest BCUT2D eigenvalue weighted by Gasteiger charge is -2.22. The van der Waals surface area contributed by atoms with Crippen LogP contribution in [0.1, 0.15) is 11.6 Å². The number of halogens is 3. The third kappa shape index (κ3) is 3.78. The first-order valence-corrected chi connectivity index (χ1v) is 7.04. The summed E-state index contributed by atoms with van der Waals surface area (Å²) in [6.07, 6.45) is -0.563. The molecule has 1 amide bonds. The first kappa shape index (κ1) is 17.2. The van der Waals surface area contributed by atoms with Gasteiger partial charge in [0.25, 0.3) is 0 Å². The number of carbonyl (C=O) groups excluding carboxylic acids is 1. The minimum absolute atomic E-state index is 0.0321. The number of carbonyl (C=O) groups is 1. The van der Waals surface area contributed by atoms with Crippen molar-refractivity contribution in [3.8, 4) is 0 Å². The summed E-state index contributed by atoms with van der Waals surface area (Å²) in [4.78, 5) is 13.2. The van der Waals surface area contributed by atoms with Crippen LogP contribution in [0.5, 0.6) is 0 Å². The molecule has 1 aliphatic rings. The molecule has 1 fully saturated rings. The molecular formula is C16H14ClF2NO3. The maximum absolute atomic E-state index is 13.4. The van der Waals surface area contributed by atoms with Crippen molar-refractivity contribution in [2.75, 3.05) is 18.6 Å². The van der Waals surface area contributed by atoms with E-state index in [1.54, 1.807) is 24.3 Å². The number of cyclic esters (lactones) is 1. The minimum atomic E-state index is -0.694. The molecule has 0 unspecified atom stereocenters. The molecule has 1 atom stereocenters. The van der Waals surface area contributed by atoms with E-state index in [0.717, 1.165) is 13.2 Å². The number of hydrogen-bond donors (Lipinski definition) is 1. The maximum atomic E-state index is 13.4. The normalized spacial score (nSPS) is 16.7. The van der Waals surface area contributed by atoms with Gasteiger partial charge in [-0.3, -0.25) is 4.90 Å². The van der Waals surface area contributed by atoms with Crippen LogP contribution in [0, 0.1) is 11.6 Å². The highest BCUT2D eigenvalue weighted by molar-refractivity contribution is 6.30. The van der Waals surface area contributed by atoms with Crippen LogP contribution < -0.4 is 4.90 Å². The highest BCUT2D eigenvalue weighted by Crippen LogP contribution is 2.34. The monoisotopic (exact) mass is 341 g/mol. The van der Waals surface area contributed by atoms with Crippen LogP contribution in [-0.2, 0) is 4.74 Å². The van der Waals surface area contributed by atoms with Crippen molar-refractivity contribution in [2.45, 2.75) is 6.04 Å². The largest absolute Gasteiger partial charge is 0.447 e. The summed E-state index contributed by atoms with van der Waals surface area (Å²) in [7, 11) is 1.00. The van der Waals surface area contributed by atoms with Crippen LogP contribution in [0.3, 0.4) is 0 Å². The molecule has 0 saturated carbocycles. The Morgan fingerprint density at radius 3 is 2.26 bits per heavy atom. The van der Waals surface area contributed by atoms with Gasteiger partial charge in [-0.1, -0.05) is 11.6 Å². The van der Waals surface area contributed by atoms with Gasteiger partial charge in [-0.15, -0.1) is 0 Å². The summed E-state index contributed by atoms with van der Waals surface area (Å²) >= 11 is 5.82. The maximum Gasteiger partial charge on any atom is 0.415 e. The Balaban J connectivity index is 0.000000924. The second-order valence-electron chi connectivity index (χ2n) is 4.64. The summed E-state index contributed by atoms with van der Waals surface area (Å²) in [6, 6.07) is 9.15. The number of aliphatic hydroxyl groups is 1. The Bertz CT molecular complexity index is 674. The van der Waals surface area contributed by atoms with E-state index in [9.17, 15) is 13.6 Å². The lowest BCUT2D eigenvalue weighted by Crippen LogP contribution is -2.27. The summed E-state index contributed by atoms with van der Waals surface area (Å²) < 4.78 is 31.7. The van der Waals surface area contributed by atoms with Crippen molar-refractivity contribution >= 4 is 23.4 Å². The summed E-state index contributed by atoms with van der Waals surface area (Å²) in [6.45, 7) is 0.0321. The number of nitrogens with zero attached hydrogens (tertiary/aromatic N) is 1. The van der Waals surface area contributed by atoms with Gasteiger partial charge < -0.3 is 9.84 Å². The molecular weight excluding hydrogens is 328 g/mol. The van der Waals surface area contributed by atoms with E-state index in [1.807, 2.05) is 0 Å². The summed E-state index contributed by atoms with van der Waals surface area (Å²) in [5.41, 5.74) is 0.893. The standard InChI is InChI=1S/C15H10ClF2NO2.CH4O/c16-10-1-3-13(4-2-10)19-14(8-21-15(19)20)9-5-11(17)7-12(18)6-9;1-2/h1-7,14H,8H2;2H,1H3/t14-;/m1./s1. The number of benzene rings is 2. The Labute approximate surface area is 136 Å². The number of anilines is 1. The van der Waals surface area contributed by atoms with Gasteiger partial charge in [-0.2, -0.15) is 0 Å². The van der Waals surface area contributed by atoms with Crippen LogP contribution in [0.4, 0.5) is 19.3 Å². The predicted molar refractivity (Wildman–Crippen MR) is 82.5 cm³/mol. The molecule has 122 valence electrons. The molecule has 0 spiro atoms. The smallest absolute Gasteiger partial charge is 0.415 e. The van der Waals surface area contributed by atoms with E-state index in [0.29, 0.717) is 16.3 Å². The molecule has 0 aliphatic carbocycles. The Morgan fingerprint density at radius 2 is 1.70 bits per heavy atom. The molecule has 0 radical (unpaired) electrons. The molecule has 23 heavy (non-hydrogen) atoms. The van der Waals surface area contributed by atoms with E-state index in [2.05, 4.69) is 0 Å². The van der Waals surface area contributed by atoms with Crippen LogP contribution in [-0.4, -0.2) is 24.9 Å². The highest BCUT2D eigenvalue weighted by atomic mass is 35.5. The van der Waals surface area contributed by atoms with Gasteiger partial charge in [-0.05, 0) is 42.0 Å². The fourth-order valence-corrected chi connectivity index (χ4v) is 2.45. The zero-order valence-corrected chi connectivity index (χ0v) is 12.9. The number of hydrogen-bond acceptors (Lipinski definition) is 3. The lowest BCUT2D eigenvalue weighted by atomic mass is 10.1. The molecule has 3 rings (SSSR count). The Hall–Kier alpha value is -2.18. The van der Waals surface area contributed by atoms with Gasteiger partial charge in [0.15, 0.2) is 0 Å². The molecule has 2 aromatic rings. The van der Waals surface area contributed by atoms with E-state index in [-0.39, 0.29) is 6.61 Å². The average molecular weight is 342 g/mol. The quantitative estimate of drug-likeness (QED) is 0.900. The zero-order valence-electron chi connectivity index (χ0n) is 12.2. The van der Waals surface area contributed by atoms with Gasteiger partial charge in [0.2, 0.25) is 0 Å². The number of amides is 1. The third-order valence-corrected chi connectivity index (χ3v) is 3.50. The van der Waals surface area contributed by atoms with Crippen LogP contribution in [0.2, 0.25) is 5.02 Å². The first-order valence-electron chi connectivity index (χ1n) is 6.67. The van der Waals surface area contributed by atoms with Gasteiger partial charge >= 0.3 is 6.09 Å². The highest BCUT2D eigenvalue weighted by Gasteiger charge is 2.35. The SMILES string of the molecule is CO.O=C1OC[C@H](c2cc(F)cc(F)c2)N1c1ccc(Cl)cc1. The molecule has 4 nitrogen and oxygen atoms in total. The second kappa shape index (κ2) is 7.39. The third-order valence-electron chi connectivity index (χ3n) is 3.25. The second-order valence-corrected chi connectivity index (χ2v) is 5.08. The molecule has 1 heterocycles. The Kier molecular flexibility index (Phi) is 5.52. The first-order chi connectivity index (χ1) is 11.0. The number of rotatable bonds is 2. The fraction of sp³-hybridized carbons (Fsp3) is 0.188. The van der Waals surface area contributed by atoms with Gasteiger partial charge in [0.1, 0.15) is 18.2 Å². The number of aliphatic hydroxyl groups excluding tert-OH is 1. The summed E-state index contributed by atoms with van der Waals surface area (Å²) in [5.74, 6) is -1.39.